The van der Waals surface area contributed by atoms with Gasteiger partial charge >= 0.3 is 0 Å². The number of aryl methyl sites for hydroxylation is 1. The Balaban J connectivity index is 1.71. The van der Waals surface area contributed by atoms with Crippen molar-refractivity contribution in [1.29, 1.82) is 0 Å². The van der Waals surface area contributed by atoms with Crippen molar-refractivity contribution in [2.45, 2.75) is 20.8 Å². The third kappa shape index (κ3) is 4.29. The molecule has 2 aromatic carbocycles. The van der Waals surface area contributed by atoms with Gasteiger partial charge in [-0.05, 0) is 99.2 Å². The number of anilines is 1. The Hall–Kier alpha value is -3.78. The van der Waals surface area contributed by atoms with E-state index in [0.717, 1.165) is 17.1 Å². The normalized spacial score (nSPS) is 15.2. The average molecular weight is 464 g/mol. The van der Waals surface area contributed by atoms with Gasteiger partial charge in [0.1, 0.15) is 17.1 Å². The molecule has 0 radical (unpaired) electrons. The summed E-state index contributed by atoms with van der Waals surface area (Å²) in [4.78, 5) is 27.3. The number of halogens is 1. The fraction of sp³-hybridized carbons (Fsp3) is 0.160. The van der Waals surface area contributed by atoms with Crippen LogP contribution < -0.4 is 15.0 Å². The van der Waals surface area contributed by atoms with Crippen LogP contribution in [0.2, 0.25) is 0 Å². The van der Waals surface area contributed by atoms with E-state index >= 15 is 0 Å². The molecule has 0 saturated carbocycles. The molecule has 2 heterocycles. The molecule has 0 atom stereocenters. The van der Waals surface area contributed by atoms with E-state index < -0.39 is 11.8 Å². The maximum Gasteiger partial charge on any atom is 0.270 e. The topological polar surface area (TPSA) is 63.6 Å². The molecule has 1 aliphatic rings. The zero-order valence-corrected chi connectivity index (χ0v) is 19.2. The number of carbonyl (C=O) groups excluding carboxylic acids is 2. The summed E-state index contributed by atoms with van der Waals surface area (Å²) < 4.78 is 20.7. The molecular weight excluding hydrogens is 441 g/mol. The summed E-state index contributed by atoms with van der Waals surface area (Å²) >= 11 is 5.27. The number of rotatable bonds is 5. The molecule has 8 heteroatoms. The lowest BCUT2D eigenvalue weighted by Gasteiger charge is -2.29. The molecule has 0 spiro atoms. The maximum absolute atomic E-state index is 13.3. The molecule has 6 nitrogen and oxygen atoms in total. The molecule has 1 saturated heterocycles. The van der Waals surface area contributed by atoms with Crippen molar-refractivity contribution in [2.75, 3.05) is 11.5 Å². The molecule has 168 valence electrons. The zero-order chi connectivity index (χ0) is 23.7. The third-order valence-electron chi connectivity index (χ3n) is 5.36. The van der Waals surface area contributed by atoms with Crippen molar-refractivity contribution in [3.8, 4) is 11.4 Å². The number of benzene rings is 2. The highest BCUT2D eigenvalue weighted by Crippen LogP contribution is 2.27. The first kappa shape index (κ1) is 22.4. The van der Waals surface area contributed by atoms with Gasteiger partial charge in [0.15, 0.2) is 5.11 Å². The highest BCUT2D eigenvalue weighted by atomic mass is 32.1. The highest BCUT2D eigenvalue weighted by Gasteiger charge is 2.34. The van der Waals surface area contributed by atoms with Gasteiger partial charge in [-0.15, -0.1) is 0 Å². The van der Waals surface area contributed by atoms with Crippen LogP contribution in [0.25, 0.3) is 11.8 Å². The molecule has 1 fully saturated rings. The van der Waals surface area contributed by atoms with Crippen LogP contribution in [-0.2, 0) is 9.59 Å². The van der Waals surface area contributed by atoms with E-state index in [1.54, 1.807) is 42.5 Å². The van der Waals surface area contributed by atoms with Gasteiger partial charge in [-0.2, -0.15) is 0 Å². The summed E-state index contributed by atoms with van der Waals surface area (Å²) in [5.41, 5.74) is 3.68. The number of nitrogens with one attached hydrogen (secondary N) is 1. The van der Waals surface area contributed by atoms with Crippen molar-refractivity contribution in [2.24, 2.45) is 0 Å². The van der Waals surface area contributed by atoms with Crippen LogP contribution in [0, 0.1) is 19.7 Å². The lowest BCUT2D eigenvalue weighted by atomic mass is 10.1. The first-order chi connectivity index (χ1) is 15.8. The fourth-order valence-electron chi connectivity index (χ4n) is 3.83. The molecule has 0 unspecified atom stereocenters. The second-order valence-electron chi connectivity index (χ2n) is 7.52. The summed E-state index contributed by atoms with van der Waals surface area (Å²) in [6.45, 7) is 6.20. The smallest absolute Gasteiger partial charge is 0.270 e. The Bertz CT molecular complexity index is 1280. The van der Waals surface area contributed by atoms with Crippen LogP contribution in [0.1, 0.15) is 23.9 Å². The van der Waals surface area contributed by atoms with E-state index in [2.05, 4.69) is 5.32 Å². The monoisotopic (exact) mass is 463 g/mol. The van der Waals surface area contributed by atoms with Gasteiger partial charge in [0.05, 0.1) is 12.3 Å². The van der Waals surface area contributed by atoms with Crippen LogP contribution in [0.3, 0.4) is 0 Å². The quantitative estimate of drug-likeness (QED) is 0.345. The van der Waals surface area contributed by atoms with Crippen LogP contribution in [0.4, 0.5) is 10.1 Å². The molecule has 2 amide bonds. The third-order valence-corrected chi connectivity index (χ3v) is 5.65. The average Bonchev–Trinajstić information content (AvgIpc) is 3.06. The van der Waals surface area contributed by atoms with Crippen LogP contribution in [0.15, 0.2) is 60.2 Å². The number of thiocarbonyl (C=S) groups is 1. The minimum atomic E-state index is -0.557. The molecule has 3 aromatic rings. The molecule has 1 N–H and O–H groups in total. The minimum absolute atomic E-state index is 0.0168. The van der Waals surface area contributed by atoms with Gasteiger partial charge in [-0.3, -0.25) is 19.8 Å². The molecule has 1 aliphatic heterocycles. The predicted molar refractivity (Wildman–Crippen MR) is 129 cm³/mol. The van der Waals surface area contributed by atoms with E-state index in [-0.39, 0.29) is 16.5 Å². The van der Waals surface area contributed by atoms with E-state index in [1.807, 2.05) is 31.4 Å². The Morgan fingerprint density at radius 2 is 1.67 bits per heavy atom. The first-order valence-electron chi connectivity index (χ1n) is 10.4. The van der Waals surface area contributed by atoms with Crippen LogP contribution >= 0.6 is 12.2 Å². The Morgan fingerprint density at radius 1 is 1.03 bits per heavy atom. The Kier molecular flexibility index (Phi) is 6.11. The SMILES string of the molecule is CCOc1ccc(N2C(=O)C(=Cc3cc(C)n(-c4ccc(F)cc4)c3C)C(=O)NC2=S)cc1. The van der Waals surface area contributed by atoms with E-state index in [4.69, 9.17) is 17.0 Å². The second-order valence-corrected chi connectivity index (χ2v) is 7.91. The van der Waals surface area contributed by atoms with Gasteiger partial charge in [-0.25, -0.2) is 4.39 Å². The van der Waals surface area contributed by atoms with Crippen molar-refractivity contribution in [3.05, 3.63) is 82.9 Å². The first-order valence-corrected chi connectivity index (χ1v) is 10.8. The minimum Gasteiger partial charge on any atom is -0.494 e. The summed E-state index contributed by atoms with van der Waals surface area (Å²) in [6.07, 6.45) is 1.56. The van der Waals surface area contributed by atoms with Gasteiger partial charge in [0, 0.05) is 17.1 Å². The lowest BCUT2D eigenvalue weighted by molar-refractivity contribution is -0.122. The Morgan fingerprint density at radius 3 is 2.30 bits per heavy atom. The number of carbonyl (C=O) groups is 2. The van der Waals surface area contributed by atoms with Gasteiger partial charge in [-0.1, -0.05) is 0 Å². The number of hydrogen-bond acceptors (Lipinski definition) is 4. The molecular formula is C25H22FN3O3S. The molecule has 0 aliphatic carbocycles. The van der Waals surface area contributed by atoms with Gasteiger partial charge in [0.2, 0.25) is 0 Å². The fourth-order valence-corrected chi connectivity index (χ4v) is 4.11. The van der Waals surface area contributed by atoms with E-state index in [1.165, 1.54) is 17.0 Å². The number of ether oxygens (including phenoxy) is 1. The number of hydrogen-bond donors (Lipinski definition) is 1. The molecule has 1 aromatic heterocycles. The predicted octanol–water partition coefficient (Wildman–Crippen LogP) is 4.46. The van der Waals surface area contributed by atoms with E-state index in [9.17, 15) is 14.0 Å². The zero-order valence-electron chi connectivity index (χ0n) is 18.4. The summed E-state index contributed by atoms with van der Waals surface area (Å²) in [6, 6.07) is 14.9. The summed E-state index contributed by atoms with van der Waals surface area (Å²) in [5.74, 6) is -0.721. The molecule has 0 bridgehead atoms. The van der Waals surface area contributed by atoms with Crippen molar-refractivity contribution < 1.29 is 18.7 Å². The number of nitrogens with zero attached hydrogens (tertiary/aromatic N) is 2. The largest absolute Gasteiger partial charge is 0.494 e. The molecule has 33 heavy (non-hydrogen) atoms. The number of aromatic nitrogens is 1. The maximum atomic E-state index is 13.3. The van der Waals surface area contributed by atoms with Crippen molar-refractivity contribution in [1.82, 2.24) is 9.88 Å². The van der Waals surface area contributed by atoms with Crippen LogP contribution in [-0.4, -0.2) is 28.1 Å². The summed E-state index contributed by atoms with van der Waals surface area (Å²) in [7, 11) is 0. The van der Waals surface area contributed by atoms with Gasteiger partial charge < -0.3 is 9.30 Å². The van der Waals surface area contributed by atoms with Crippen molar-refractivity contribution >= 4 is 40.9 Å². The second kappa shape index (κ2) is 8.99. The Labute approximate surface area is 196 Å². The van der Waals surface area contributed by atoms with Gasteiger partial charge in [0.25, 0.3) is 11.8 Å². The highest BCUT2D eigenvalue weighted by molar-refractivity contribution is 7.80. The van der Waals surface area contributed by atoms with Crippen LogP contribution in [0.5, 0.6) is 5.75 Å². The number of amides is 2. The molecule has 4 rings (SSSR count). The van der Waals surface area contributed by atoms with E-state index in [0.29, 0.717) is 23.6 Å². The van der Waals surface area contributed by atoms with Crippen molar-refractivity contribution in [3.63, 3.8) is 0 Å². The lowest BCUT2D eigenvalue weighted by Crippen LogP contribution is -2.54. The standard InChI is InChI=1S/C25H22FN3O3S/c1-4-32-21-11-9-20(10-12-21)29-24(31)22(23(30)27-25(29)33)14-17-13-15(2)28(16(17)3)19-7-5-18(26)6-8-19/h5-14H,4H2,1-3H3,(H,27,30,33). The summed E-state index contributed by atoms with van der Waals surface area (Å²) in [5, 5.41) is 2.61.